The second kappa shape index (κ2) is 4.84. The highest BCUT2D eigenvalue weighted by molar-refractivity contribution is 5.88. The van der Waals surface area contributed by atoms with Gasteiger partial charge in [0.15, 0.2) is 0 Å². The highest BCUT2D eigenvalue weighted by Gasteiger charge is 2.13. The number of ether oxygens (including phenoxy) is 1. The van der Waals surface area contributed by atoms with Gasteiger partial charge in [-0.05, 0) is 0 Å². The maximum Gasteiger partial charge on any atom is 0.339 e. The van der Waals surface area contributed by atoms with Gasteiger partial charge in [-0.2, -0.15) is 5.10 Å². The lowest BCUT2D eigenvalue weighted by atomic mass is 10.2. The molecule has 0 atom stereocenters. The fraction of sp³-hybridized carbons (Fsp3) is 0.429. The molecule has 74 valence electrons. The van der Waals surface area contributed by atoms with E-state index in [4.69, 9.17) is 9.84 Å². The van der Waals surface area contributed by atoms with Gasteiger partial charge in [-0.25, -0.2) is 4.79 Å². The van der Waals surface area contributed by atoms with Crippen LogP contribution in [0.3, 0.4) is 0 Å². The van der Waals surface area contributed by atoms with Crippen molar-refractivity contribution in [1.29, 1.82) is 0 Å². The molecule has 13 heavy (non-hydrogen) atoms. The van der Waals surface area contributed by atoms with E-state index in [9.17, 15) is 4.79 Å². The zero-order valence-electron chi connectivity index (χ0n) is 7.35. The Morgan fingerprint density at radius 1 is 1.77 bits per heavy atom. The van der Waals surface area contributed by atoms with E-state index in [2.05, 4.69) is 5.10 Å². The number of hydrogen-bond donors (Lipinski definition) is 1. The van der Waals surface area contributed by atoms with Crippen molar-refractivity contribution in [1.82, 2.24) is 9.78 Å². The Labute approximate surface area is 81.7 Å². The van der Waals surface area contributed by atoms with E-state index in [0.717, 1.165) is 0 Å². The van der Waals surface area contributed by atoms with Crippen LogP contribution in [0.25, 0.3) is 0 Å². The van der Waals surface area contributed by atoms with Crippen LogP contribution in [0.1, 0.15) is 16.1 Å². The minimum Gasteiger partial charge on any atom is -0.478 e. The lowest BCUT2D eigenvalue weighted by molar-refractivity contribution is 0.0691. The summed E-state index contributed by atoms with van der Waals surface area (Å²) in [4.78, 5) is 10.6. The maximum atomic E-state index is 10.6. The Morgan fingerprint density at radius 3 is 2.85 bits per heavy atom. The largest absolute Gasteiger partial charge is 0.478 e. The summed E-state index contributed by atoms with van der Waals surface area (Å²) in [5.74, 6) is -0.977. The average Bonchev–Trinajstić information content (AvgIpc) is 2.32. The Balaban J connectivity index is 0.00000144. The van der Waals surface area contributed by atoms with Crippen molar-refractivity contribution in [2.45, 2.75) is 6.61 Å². The first-order valence-corrected chi connectivity index (χ1v) is 3.40. The van der Waals surface area contributed by atoms with Gasteiger partial charge in [0.25, 0.3) is 0 Å². The molecule has 0 fully saturated rings. The molecule has 6 heteroatoms. The van der Waals surface area contributed by atoms with E-state index in [1.54, 1.807) is 7.05 Å². The fourth-order valence-corrected chi connectivity index (χ4v) is 0.956. The predicted octanol–water partition coefficient (Wildman–Crippen LogP) is 0.687. The van der Waals surface area contributed by atoms with Crippen LogP contribution in [0, 0.1) is 0 Å². The number of aromatic carboxylic acids is 1. The third-order valence-corrected chi connectivity index (χ3v) is 1.42. The van der Waals surface area contributed by atoms with Crippen LogP contribution in [-0.2, 0) is 18.4 Å². The number of hydrogen-bond acceptors (Lipinski definition) is 3. The van der Waals surface area contributed by atoms with Crippen LogP contribution in [-0.4, -0.2) is 28.0 Å². The van der Waals surface area contributed by atoms with E-state index in [1.165, 1.54) is 18.0 Å². The molecule has 0 aliphatic heterocycles. The SMILES string of the molecule is COCc1nn(C)cc1C(=O)O.Cl. The topological polar surface area (TPSA) is 64.4 Å². The summed E-state index contributed by atoms with van der Waals surface area (Å²) in [6.07, 6.45) is 1.46. The van der Waals surface area contributed by atoms with Gasteiger partial charge < -0.3 is 9.84 Å². The van der Waals surface area contributed by atoms with Crippen LogP contribution in [0.5, 0.6) is 0 Å². The minimum atomic E-state index is -0.977. The molecule has 0 bridgehead atoms. The Kier molecular flexibility index (Phi) is 4.44. The van der Waals surface area contributed by atoms with Crippen LogP contribution >= 0.6 is 12.4 Å². The smallest absolute Gasteiger partial charge is 0.339 e. The van der Waals surface area contributed by atoms with Gasteiger partial charge in [-0.1, -0.05) is 0 Å². The molecule has 0 aliphatic rings. The van der Waals surface area contributed by atoms with Crippen molar-refractivity contribution in [3.8, 4) is 0 Å². The van der Waals surface area contributed by atoms with E-state index < -0.39 is 5.97 Å². The average molecular weight is 207 g/mol. The molecule has 1 N–H and O–H groups in total. The molecule has 0 saturated carbocycles. The number of rotatable bonds is 3. The van der Waals surface area contributed by atoms with E-state index in [1.807, 2.05) is 0 Å². The zero-order valence-corrected chi connectivity index (χ0v) is 8.17. The van der Waals surface area contributed by atoms with Gasteiger partial charge in [-0.15, -0.1) is 12.4 Å². The zero-order chi connectivity index (χ0) is 9.14. The first-order chi connectivity index (χ1) is 5.65. The molecule has 0 aromatic carbocycles. The Hall–Kier alpha value is -1.07. The van der Waals surface area contributed by atoms with E-state index in [-0.39, 0.29) is 24.6 Å². The fourth-order valence-electron chi connectivity index (χ4n) is 0.956. The number of carboxylic acid groups (broad SMARTS) is 1. The number of carbonyl (C=O) groups is 1. The highest BCUT2D eigenvalue weighted by Crippen LogP contribution is 2.06. The third-order valence-electron chi connectivity index (χ3n) is 1.42. The van der Waals surface area contributed by atoms with Crippen LogP contribution < -0.4 is 0 Å². The van der Waals surface area contributed by atoms with Crippen molar-refractivity contribution in [3.05, 3.63) is 17.5 Å². The molecule has 1 heterocycles. The van der Waals surface area contributed by atoms with Crippen LogP contribution in [0.15, 0.2) is 6.20 Å². The van der Waals surface area contributed by atoms with Gasteiger partial charge in [0.1, 0.15) is 11.3 Å². The third kappa shape index (κ3) is 2.71. The van der Waals surface area contributed by atoms with Crippen molar-refractivity contribution in [2.75, 3.05) is 7.11 Å². The van der Waals surface area contributed by atoms with Crippen molar-refractivity contribution >= 4 is 18.4 Å². The summed E-state index contributed by atoms with van der Waals surface area (Å²) >= 11 is 0. The van der Waals surface area contributed by atoms with Gasteiger partial charge >= 0.3 is 5.97 Å². The number of nitrogens with zero attached hydrogens (tertiary/aromatic N) is 2. The van der Waals surface area contributed by atoms with Gasteiger partial charge in [0.05, 0.1) is 6.61 Å². The first kappa shape index (κ1) is 11.9. The minimum absolute atomic E-state index is 0. The molecule has 1 rings (SSSR count). The monoisotopic (exact) mass is 206 g/mol. The molecular formula is C7H11ClN2O3. The van der Waals surface area contributed by atoms with Crippen molar-refractivity contribution < 1.29 is 14.6 Å². The lowest BCUT2D eigenvalue weighted by Gasteiger charge is -1.94. The van der Waals surface area contributed by atoms with Crippen LogP contribution in [0.2, 0.25) is 0 Å². The quantitative estimate of drug-likeness (QED) is 0.790. The maximum absolute atomic E-state index is 10.6. The number of aryl methyl sites for hydroxylation is 1. The normalized spacial score (nSPS) is 9.38. The molecule has 0 aliphatic carbocycles. The number of carboxylic acids is 1. The molecule has 0 amide bonds. The molecule has 0 saturated heterocycles. The first-order valence-electron chi connectivity index (χ1n) is 3.40. The van der Waals surface area contributed by atoms with Gasteiger partial charge in [-0.3, -0.25) is 4.68 Å². The molecule has 0 radical (unpaired) electrons. The number of aromatic nitrogens is 2. The molecular weight excluding hydrogens is 196 g/mol. The Bertz CT molecular complexity index is 298. The summed E-state index contributed by atoms with van der Waals surface area (Å²) in [5.41, 5.74) is 0.645. The molecule has 0 unspecified atom stereocenters. The van der Waals surface area contributed by atoms with Crippen LogP contribution in [0.4, 0.5) is 0 Å². The summed E-state index contributed by atoms with van der Waals surface area (Å²) in [7, 11) is 3.17. The van der Waals surface area contributed by atoms with E-state index >= 15 is 0 Å². The molecule has 5 nitrogen and oxygen atoms in total. The predicted molar refractivity (Wildman–Crippen MR) is 48.1 cm³/mol. The summed E-state index contributed by atoms with van der Waals surface area (Å²) in [5, 5.41) is 12.6. The van der Waals surface area contributed by atoms with Gasteiger partial charge in [0, 0.05) is 20.4 Å². The Morgan fingerprint density at radius 2 is 2.38 bits per heavy atom. The second-order valence-electron chi connectivity index (χ2n) is 2.40. The summed E-state index contributed by atoms with van der Waals surface area (Å²) < 4.78 is 6.25. The lowest BCUT2D eigenvalue weighted by Crippen LogP contribution is -2.00. The molecule has 1 aromatic rings. The highest BCUT2D eigenvalue weighted by atomic mass is 35.5. The summed E-state index contributed by atoms with van der Waals surface area (Å²) in [6, 6.07) is 0. The van der Waals surface area contributed by atoms with E-state index in [0.29, 0.717) is 5.69 Å². The van der Waals surface area contributed by atoms with Gasteiger partial charge in [0.2, 0.25) is 0 Å². The molecule has 1 aromatic heterocycles. The van der Waals surface area contributed by atoms with Crippen molar-refractivity contribution in [3.63, 3.8) is 0 Å². The number of methoxy groups -OCH3 is 1. The number of halogens is 1. The van der Waals surface area contributed by atoms with Crippen molar-refractivity contribution in [2.24, 2.45) is 7.05 Å². The molecule has 0 spiro atoms. The summed E-state index contributed by atoms with van der Waals surface area (Å²) in [6.45, 7) is 0.225. The standard InChI is InChI=1S/C7H10N2O3.ClH/c1-9-3-5(7(10)11)6(8-9)4-12-2;/h3H,4H2,1-2H3,(H,10,11);1H. The second-order valence-corrected chi connectivity index (χ2v) is 2.40.